The van der Waals surface area contributed by atoms with Crippen molar-refractivity contribution in [3.05, 3.63) is 65.4 Å². The van der Waals surface area contributed by atoms with Crippen molar-refractivity contribution in [1.29, 1.82) is 5.26 Å². The van der Waals surface area contributed by atoms with Crippen molar-refractivity contribution in [2.75, 3.05) is 22.2 Å². The first-order chi connectivity index (χ1) is 17.2. The summed E-state index contributed by atoms with van der Waals surface area (Å²) < 4.78 is 16.7. The first-order valence-corrected chi connectivity index (χ1v) is 11.6. The predicted molar refractivity (Wildman–Crippen MR) is 137 cm³/mol. The second-order valence-corrected chi connectivity index (χ2v) is 9.05. The van der Waals surface area contributed by atoms with Crippen molar-refractivity contribution < 1.29 is 14.0 Å². The first kappa shape index (κ1) is 24.9. The van der Waals surface area contributed by atoms with Crippen LogP contribution in [0.2, 0.25) is 0 Å². The minimum atomic E-state index is -0.925. The molecule has 4 rings (SSSR count). The summed E-state index contributed by atoms with van der Waals surface area (Å²) >= 11 is 5.79. The number of halogens is 1. The van der Waals surface area contributed by atoms with Crippen LogP contribution < -0.4 is 15.1 Å². The Morgan fingerprint density at radius 1 is 1.31 bits per heavy atom. The van der Waals surface area contributed by atoms with Crippen molar-refractivity contribution >= 4 is 46.7 Å². The maximum absolute atomic E-state index is 15.2. The molecule has 0 radical (unpaired) electrons. The Bertz CT molecular complexity index is 1390. The quantitative estimate of drug-likeness (QED) is 0.399. The molecule has 0 atom stereocenters. The molecule has 0 aliphatic heterocycles. The van der Waals surface area contributed by atoms with Gasteiger partial charge in [0.25, 0.3) is 5.91 Å². The number of aromatic nitrogens is 3. The summed E-state index contributed by atoms with van der Waals surface area (Å²) in [6, 6.07) is 9.57. The van der Waals surface area contributed by atoms with E-state index in [-0.39, 0.29) is 10.7 Å². The minimum absolute atomic E-state index is 0.153. The lowest BCUT2D eigenvalue weighted by Gasteiger charge is -2.48. The van der Waals surface area contributed by atoms with Gasteiger partial charge < -0.3 is 19.9 Å². The highest BCUT2D eigenvalue weighted by molar-refractivity contribution is 7.80. The number of aryl methyl sites for hydroxylation is 2. The molecule has 3 aromatic rings. The van der Waals surface area contributed by atoms with Crippen LogP contribution in [0.25, 0.3) is 0 Å². The number of nitriles is 1. The average Bonchev–Trinajstić information content (AvgIpc) is 3.24. The second-order valence-electron chi connectivity index (χ2n) is 8.68. The standard InChI is InChI=1S/C25H24FN7O2S/c1-16-11-18(14-28-21(16)13-27)31(2)24(36)33(25(15-34)8-4-9-25)17-5-6-19(20(26)12-17)23(35)30-22-7-10-29-32(22)3/h5-7,10-12,14-15H,4,8-9H2,1-3H3,(H,30,35). The largest absolute Gasteiger partial charge is 0.320 e. The van der Waals surface area contributed by atoms with Gasteiger partial charge in [0, 0.05) is 25.8 Å². The van der Waals surface area contributed by atoms with Crippen molar-refractivity contribution in [3.8, 4) is 6.07 Å². The van der Waals surface area contributed by atoms with Crippen LogP contribution in [0.5, 0.6) is 0 Å². The third-order valence-corrected chi connectivity index (χ3v) is 6.89. The molecule has 1 aliphatic rings. The third kappa shape index (κ3) is 4.43. The number of nitrogens with zero attached hydrogens (tertiary/aromatic N) is 6. The van der Waals surface area contributed by atoms with Crippen LogP contribution in [0.3, 0.4) is 0 Å². The smallest absolute Gasteiger partial charge is 0.259 e. The van der Waals surface area contributed by atoms with Gasteiger partial charge >= 0.3 is 0 Å². The van der Waals surface area contributed by atoms with Crippen LogP contribution >= 0.6 is 12.2 Å². The fraction of sp³-hybridized carbons (Fsp3) is 0.280. The maximum atomic E-state index is 15.2. The summed E-state index contributed by atoms with van der Waals surface area (Å²) in [6.07, 6.45) is 5.83. The molecule has 2 heterocycles. The van der Waals surface area contributed by atoms with Gasteiger partial charge in [0.05, 0.1) is 23.6 Å². The van der Waals surface area contributed by atoms with Gasteiger partial charge in [-0.1, -0.05) is 0 Å². The molecule has 2 aromatic heterocycles. The summed E-state index contributed by atoms with van der Waals surface area (Å²) in [4.78, 5) is 32.4. The normalized spacial score (nSPS) is 13.8. The zero-order valence-corrected chi connectivity index (χ0v) is 20.8. The average molecular weight is 506 g/mol. The van der Waals surface area contributed by atoms with Crippen molar-refractivity contribution in [2.45, 2.75) is 31.7 Å². The van der Waals surface area contributed by atoms with E-state index in [2.05, 4.69) is 15.4 Å². The number of hydrogen-bond donors (Lipinski definition) is 1. The molecule has 0 spiro atoms. The topological polar surface area (TPSA) is 107 Å². The highest BCUT2D eigenvalue weighted by Gasteiger charge is 2.45. The molecule has 1 fully saturated rings. The van der Waals surface area contributed by atoms with E-state index in [1.165, 1.54) is 29.2 Å². The molecule has 1 N–H and O–H groups in total. The fourth-order valence-electron chi connectivity index (χ4n) is 4.12. The van der Waals surface area contributed by atoms with Crippen molar-refractivity contribution in [3.63, 3.8) is 0 Å². The number of benzene rings is 1. The zero-order valence-electron chi connectivity index (χ0n) is 20.0. The number of rotatable bonds is 6. The third-order valence-electron chi connectivity index (χ3n) is 6.44. The molecule has 9 nitrogen and oxygen atoms in total. The summed E-state index contributed by atoms with van der Waals surface area (Å²) in [7, 11) is 3.38. The molecule has 1 amide bonds. The zero-order chi connectivity index (χ0) is 26.0. The Kier molecular flexibility index (Phi) is 6.81. The summed E-state index contributed by atoms with van der Waals surface area (Å²) in [6.45, 7) is 1.77. The van der Waals surface area contributed by atoms with Gasteiger partial charge in [-0.2, -0.15) is 10.4 Å². The number of amides is 1. The van der Waals surface area contributed by atoms with E-state index in [0.717, 1.165) is 12.7 Å². The number of nitrogens with one attached hydrogen (secondary N) is 1. The number of anilines is 3. The lowest BCUT2D eigenvalue weighted by molar-refractivity contribution is -0.114. The van der Waals surface area contributed by atoms with Crippen LogP contribution in [0.15, 0.2) is 42.7 Å². The van der Waals surface area contributed by atoms with Crippen molar-refractivity contribution in [2.24, 2.45) is 7.05 Å². The number of aldehydes is 1. The monoisotopic (exact) mass is 505 g/mol. The van der Waals surface area contributed by atoms with Gasteiger partial charge in [-0.25, -0.2) is 9.37 Å². The Labute approximate surface area is 213 Å². The van der Waals surface area contributed by atoms with Gasteiger partial charge in [0.2, 0.25) is 0 Å². The van der Waals surface area contributed by atoms with Gasteiger partial charge in [-0.3, -0.25) is 9.48 Å². The van der Waals surface area contributed by atoms with E-state index >= 15 is 4.39 Å². The Hall–Kier alpha value is -4.17. The van der Waals surface area contributed by atoms with Crippen LogP contribution in [-0.2, 0) is 11.8 Å². The van der Waals surface area contributed by atoms with Crippen LogP contribution in [0.4, 0.5) is 21.6 Å². The molecule has 36 heavy (non-hydrogen) atoms. The number of pyridine rings is 1. The number of carbonyl (C=O) groups is 2. The molecule has 1 aliphatic carbocycles. The van der Waals surface area contributed by atoms with E-state index in [1.54, 1.807) is 49.0 Å². The second kappa shape index (κ2) is 9.83. The number of carbonyl (C=O) groups excluding carboxylic acids is 2. The van der Waals surface area contributed by atoms with Gasteiger partial charge in [0.1, 0.15) is 35.2 Å². The minimum Gasteiger partial charge on any atom is -0.320 e. The van der Waals surface area contributed by atoms with Gasteiger partial charge in [0.15, 0.2) is 5.11 Å². The van der Waals surface area contributed by atoms with Crippen molar-refractivity contribution in [1.82, 2.24) is 14.8 Å². The molecule has 184 valence electrons. The predicted octanol–water partition coefficient (Wildman–Crippen LogP) is 3.74. The van der Waals surface area contributed by atoms with Crippen LogP contribution in [0, 0.1) is 24.1 Å². The van der Waals surface area contributed by atoms with Gasteiger partial charge in [-0.05, 0) is 68.2 Å². The molecular formula is C25H24FN7O2S. The first-order valence-electron chi connectivity index (χ1n) is 11.2. The Morgan fingerprint density at radius 2 is 2.06 bits per heavy atom. The maximum Gasteiger partial charge on any atom is 0.259 e. The summed E-state index contributed by atoms with van der Waals surface area (Å²) in [5.74, 6) is -0.950. The molecule has 0 saturated heterocycles. The lowest BCUT2D eigenvalue weighted by Crippen LogP contribution is -2.60. The Balaban J connectivity index is 1.68. The highest BCUT2D eigenvalue weighted by Crippen LogP contribution is 2.40. The van der Waals surface area contributed by atoms with E-state index in [1.807, 2.05) is 6.07 Å². The molecule has 1 aromatic carbocycles. The SMILES string of the molecule is Cc1cc(N(C)C(=S)N(c2ccc(C(=O)Nc3ccnn3C)c(F)c2)C2(C=O)CCC2)cnc1C#N. The van der Waals surface area contributed by atoms with E-state index in [9.17, 15) is 14.9 Å². The van der Waals surface area contributed by atoms with E-state index < -0.39 is 17.3 Å². The fourth-order valence-corrected chi connectivity index (χ4v) is 4.51. The number of hydrogen-bond acceptors (Lipinski definition) is 6. The summed E-state index contributed by atoms with van der Waals surface area (Å²) in [5, 5.41) is 16.0. The lowest BCUT2D eigenvalue weighted by atomic mass is 9.76. The van der Waals surface area contributed by atoms with Crippen LogP contribution in [0.1, 0.15) is 40.9 Å². The Morgan fingerprint density at radius 3 is 2.58 bits per heavy atom. The van der Waals surface area contributed by atoms with E-state index in [0.29, 0.717) is 41.3 Å². The number of thiocarbonyl (C=S) groups is 1. The van der Waals surface area contributed by atoms with E-state index in [4.69, 9.17) is 12.2 Å². The molecule has 0 unspecified atom stereocenters. The molecule has 11 heteroatoms. The van der Waals surface area contributed by atoms with Crippen LogP contribution in [-0.4, -0.2) is 44.7 Å². The molecular weight excluding hydrogens is 481 g/mol. The molecule has 1 saturated carbocycles. The summed E-state index contributed by atoms with van der Waals surface area (Å²) in [5.41, 5.74) is 0.881. The van der Waals surface area contributed by atoms with Gasteiger partial charge in [-0.15, -0.1) is 0 Å². The molecule has 0 bridgehead atoms. The highest BCUT2D eigenvalue weighted by atomic mass is 32.1.